The Morgan fingerprint density at radius 1 is 0.812 bits per heavy atom. The first-order valence-electron chi connectivity index (χ1n) is 16.6. The minimum Gasteiger partial charge on any atom is -0.455 e. The van der Waals surface area contributed by atoms with Crippen LogP contribution in [-0.4, -0.2) is 55.3 Å². The lowest BCUT2D eigenvalue weighted by Gasteiger charge is -2.30. The molecule has 8 nitrogen and oxygen atoms in total. The fraction of sp³-hybridized carbons (Fsp3) is 0.375. The summed E-state index contributed by atoms with van der Waals surface area (Å²) in [7, 11) is 1.52. The normalized spacial score (nSPS) is 14.0. The summed E-state index contributed by atoms with van der Waals surface area (Å²) in [4.78, 5) is 40.8. The third-order valence-electron chi connectivity index (χ3n) is 8.19. The van der Waals surface area contributed by atoms with Crippen LogP contribution in [0.5, 0.6) is 0 Å². The van der Waals surface area contributed by atoms with Crippen LogP contribution in [0.4, 0.5) is 0 Å². The van der Waals surface area contributed by atoms with Crippen LogP contribution in [0.1, 0.15) is 54.9 Å². The second-order valence-corrected chi connectivity index (χ2v) is 12.0. The van der Waals surface area contributed by atoms with Crippen molar-refractivity contribution in [3.8, 4) is 0 Å². The van der Waals surface area contributed by atoms with Gasteiger partial charge in [-0.05, 0) is 55.2 Å². The van der Waals surface area contributed by atoms with E-state index in [1.165, 1.54) is 7.11 Å². The summed E-state index contributed by atoms with van der Waals surface area (Å²) in [6.07, 6.45) is 5.92. The fourth-order valence-corrected chi connectivity index (χ4v) is 5.70. The molecule has 3 N–H and O–H groups in total. The Labute approximate surface area is 285 Å². The van der Waals surface area contributed by atoms with Crippen LogP contribution >= 0.6 is 0 Å². The number of esters is 1. The lowest BCUT2D eigenvalue weighted by molar-refractivity contribution is -0.158. The first-order valence-corrected chi connectivity index (χ1v) is 16.6. The average molecular weight is 655 g/mol. The predicted octanol–water partition coefficient (Wildman–Crippen LogP) is 5.92. The quantitative estimate of drug-likeness (QED) is 0.0705. The zero-order valence-electron chi connectivity index (χ0n) is 28.0. The molecule has 0 aliphatic carbocycles. The van der Waals surface area contributed by atoms with E-state index >= 15 is 0 Å². The second kappa shape index (κ2) is 21.4. The maximum absolute atomic E-state index is 13.9. The molecule has 0 unspecified atom stereocenters. The van der Waals surface area contributed by atoms with Crippen LogP contribution in [0, 0.1) is 11.8 Å². The van der Waals surface area contributed by atoms with E-state index < -0.39 is 30.0 Å². The van der Waals surface area contributed by atoms with Crippen molar-refractivity contribution in [2.45, 2.75) is 63.1 Å². The van der Waals surface area contributed by atoms with Gasteiger partial charge in [-0.1, -0.05) is 103 Å². The summed E-state index contributed by atoms with van der Waals surface area (Å²) in [5, 5.41) is 15.8. The number of nitrogens with one attached hydrogen (secondary N) is 2. The van der Waals surface area contributed by atoms with Gasteiger partial charge in [-0.2, -0.15) is 0 Å². The number of benzene rings is 3. The number of methoxy groups -OCH3 is 1. The molecule has 256 valence electrons. The van der Waals surface area contributed by atoms with Crippen molar-refractivity contribution >= 4 is 17.8 Å². The van der Waals surface area contributed by atoms with E-state index in [9.17, 15) is 19.5 Å². The molecule has 0 aliphatic rings. The summed E-state index contributed by atoms with van der Waals surface area (Å²) in [6.45, 7) is 7.43. The van der Waals surface area contributed by atoms with Crippen LogP contribution in [-0.2, 0) is 36.7 Å². The minimum absolute atomic E-state index is 0.0645. The maximum Gasteiger partial charge on any atom is 0.309 e. The molecule has 0 spiro atoms. The average Bonchev–Trinajstić information content (AvgIpc) is 3.10. The zero-order valence-corrected chi connectivity index (χ0v) is 28.0. The van der Waals surface area contributed by atoms with E-state index in [1.54, 1.807) is 6.08 Å². The van der Waals surface area contributed by atoms with Gasteiger partial charge in [0, 0.05) is 13.5 Å². The molecule has 0 saturated heterocycles. The number of carbonyl (C=O) groups is 3. The Kier molecular flexibility index (Phi) is 16.9. The molecular weight excluding hydrogens is 604 g/mol. The van der Waals surface area contributed by atoms with E-state index in [4.69, 9.17) is 9.47 Å². The van der Waals surface area contributed by atoms with Crippen molar-refractivity contribution in [3.05, 3.63) is 133 Å². The minimum atomic E-state index is -0.844. The number of aliphatic hydroxyl groups excluding tert-OH is 1. The molecule has 8 heteroatoms. The highest BCUT2D eigenvalue weighted by molar-refractivity contribution is 5.86. The highest BCUT2D eigenvalue weighted by Crippen LogP contribution is 2.27. The Morgan fingerprint density at radius 2 is 1.42 bits per heavy atom. The van der Waals surface area contributed by atoms with E-state index in [-0.39, 0.29) is 43.8 Å². The number of hydrogen-bond donors (Lipinski definition) is 3. The largest absolute Gasteiger partial charge is 0.455 e. The van der Waals surface area contributed by atoms with Gasteiger partial charge in [0.05, 0.1) is 37.1 Å². The van der Waals surface area contributed by atoms with Gasteiger partial charge in [0.1, 0.15) is 6.10 Å². The van der Waals surface area contributed by atoms with Crippen LogP contribution < -0.4 is 10.6 Å². The molecule has 2 amide bonds. The standard InChI is InChI=1S/C40H50N2O6/c1-4-6-10-24-34(25-30-18-11-7-12-19-30)40(46)48-38(32-22-15-9-16-23-32)36(29-47-3)42-39(45)33(17-5-2)27-37(44)41-35(28-43)26-31-20-13-8-14-21-31/h4-5,7-9,11-16,18-23,33-36,38,43H,1-2,6,10,17,24-29H2,3H3,(H,41,44)(H,42,45)/t33-,34-,35-,36+,38+/m1/s1. The summed E-state index contributed by atoms with van der Waals surface area (Å²) < 4.78 is 11.8. The van der Waals surface area contributed by atoms with Crippen molar-refractivity contribution in [1.82, 2.24) is 10.6 Å². The van der Waals surface area contributed by atoms with Crippen molar-refractivity contribution in [2.24, 2.45) is 11.8 Å². The second-order valence-electron chi connectivity index (χ2n) is 12.0. The molecule has 3 aromatic carbocycles. The molecule has 0 radical (unpaired) electrons. The molecule has 0 aliphatic heterocycles. The summed E-state index contributed by atoms with van der Waals surface area (Å²) >= 11 is 0. The summed E-state index contributed by atoms with van der Waals surface area (Å²) in [5.74, 6) is -2.24. The first kappa shape index (κ1) is 37.9. The summed E-state index contributed by atoms with van der Waals surface area (Å²) in [6, 6.07) is 27.5. The van der Waals surface area contributed by atoms with E-state index in [0.717, 1.165) is 24.0 Å². The Hall–Kier alpha value is -4.53. The highest BCUT2D eigenvalue weighted by atomic mass is 16.5. The summed E-state index contributed by atoms with van der Waals surface area (Å²) in [5.41, 5.74) is 2.73. The number of amides is 2. The Morgan fingerprint density at radius 3 is 1.98 bits per heavy atom. The maximum atomic E-state index is 13.9. The van der Waals surface area contributed by atoms with Gasteiger partial charge in [0.25, 0.3) is 0 Å². The van der Waals surface area contributed by atoms with Crippen LogP contribution in [0.15, 0.2) is 116 Å². The molecule has 0 saturated carbocycles. The van der Waals surface area contributed by atoms with Gasteiger partial charge >= 0.3 is 5.97 Å². The number of unbranched alkanes of at least 4 members (excludes halogenated alkanes) is 1. The third-order valence-corrected chi connectivity index (χ3v) is 8.19. The van der Waals surface area contributed by atoms with Gasteiger partial charge < -0.3 is 25.2 Å². The zero-order chi connectivity index (χ0) is 34.6. The molecule has 3 aromatic rings. The van der Waals surface area contributed by atoms with E-state index in [1.807, 2.05) is 97.1 Å². The van der Waals surface area contributed by atoms with Crippen LogP contribution in [0.25, 0.3) is 0 Å². The van der Waals surface area contributed by atoms with Crippen molar-refractivity contribution in [1.29, 1.82) is 0 Å². The topological polar surface area (TPSA) is 114 Å². The lowest BCUT2D eigenvalue weighted by atomic mass is 9.93. The third kappa shape index (κ3) is 12.9. The molecule has 0 fully saturated rings. The smallest absolute Gasteiger partial charge is 0.309 e. The van der Waals surface area contributed by atoms with E-state index in [2.05, 4.69) is 23.8 Å². The van der Waals surface area contributed by atoms with Crippen LogP contribution in [0.3, 0.4) is 0 Å². The van der Waals surface area contributed by atoms with Gasteiger partial charge in [0.2, 0.25) is 11.8 Å². The molecule has 5 atom stereocenters. The van der Waals surface area contributed by atoms with Crippen molar-refractivity contribution < 1.29 is 29.0 Å². The molecule has 3 rings (SSSR count). The Bertz CT molecular complexity index is 1400. The monoisotopic (exact) mass is 654 g/mol. The van der Waals surface area contributed by atoms with Gasteiger partial charge in [-0.25, -0.2) is 0 Å². The number of carbonyl (C=O) groups excluding carboxylic acids is 3. The molecule has 0 aromatic heterocycles. The number of rotatable bonds is 22. The van der Waals surface area contributed by atoms with Crippen molar-refractivity contribution in [2.75, 3.05) is 20.3 Å². The van der Waals surface area contributed by atoms with Gasteiger partial charge in [-0.15, -0.1) is 13.2 Å². The molecule has 48 heavy (non-hydrogen) atoms. The fourth-order valence-electron chi connectivity index (χ4n) is 5.70. The number of hydrogen-bond acceptors (Lipinski definition) is 6. The molecule has 0 heterocycles. The Balaban J connectivity index is 1.78. The van der Waals surface area contributed by atoms with Gasteiger partial charge in [-0.3, -0.25) is 14.4 Å². The van der Waals surface area contributed by atoms with Crippen LogP contribution in [0.2, 0.25) is 0 Å². The lowest BCUT2D eigenvalue weighted by Crippen LogP contribution is -2.47. The number of ether oxygens (including phenoxy) is 2. The predicted molar refractivity (Wildman–Crippen MR) is 189 cm³/mol. The molecular formula is C40H50N2O6. The highest BCUT2D eigenvalue weighted by Gasteiger charge is 2.33. The SMILES string of the molecule is C=CCCC[C@H](Cc1ccccc1)C(=O)O[C@@H](c1ccccc1)[C@H](COC)NC(=O)[C@H](CC=C)CC(=O)N[C@@H](CO)Cc1ccccc1. The van der Waals surface area contributed by atoms with E-state index in [0.29, 0.717) is 24.8 Å². The van der Waals surface area contributed by atoms with Crippen molar-refractivity contribution in [3.63, 3.8) is 0 Å². The van der Waals surface area contributed by atoms with Gasteiger partial charge in [0.15, 0.2) is 0 Å². The number of allylic oxidation sites excluding steroid dienone is 2. The molecule has 0 bridgehead atoms. The first-order chi connectivity index (χ1) is 23.4. The number of aliphatic hydroxyl groups is 1.